The molecule has 0 aliphatic carbocycles. The Labute approximate surface area is 101 Å². The number of rotatable bonds is 4. The van der Waals surface area contributed by atoms with Gasteiger partial charge in [0, 0.05) is 5.02 Å². The highest BCUT2D eigenvalue weighted by atomic mass is 35.5. The first-order valence-electron chi connectivity index (χ1n) is 5.27. The van der Waals surface area contributed by atoms with Crippen molar-refractivity contribution in [2.45, 2.75) is 25.9 Å². The van der Waals surface area contributed by atoms with Crippen LogP contribution in [-0.2, 0) is 4.79 Å². The average Bonchev–Trinajstić information content (AvgIpc) is 2.28. The molecular formula is C12H17ClN2O. The molecule has 0 fully saturated rings. The Morgan fingerprint density at radius 3 is 2.31 bits per heavy atom. The van der Waals surface area contributed by atoms with Crippen molar-refractivity contribution < 1.29 is 4.79 Å². The summed E-state index contributed by atoms with van der Waals surface area (Å²) in [5.74, 6) is -0.00931. The zero-order chi connectivity index (χ0) is 12.1. The predicted molar refractivity (Wildman–Crippen MR) is 66.5 cm³/mol. The van der Waals surface area contributed by atoms with Crippen molar-refractivity contribution in [2.24, 2.45) is 0 Å². The fraction of sp³-hybridized carbons (Fsp3) is 0.417. The van der Waals surface area contributed by atoms with Crippen molar-refractivity contribution in [1.82, 2.24) is 10.6 Å². The minimum Gasteiger partial charge on any atom is -0.348 e. The SMILES string of the molecule is CNC(C)C(=O)N[C@@H](C)c1ccc(Cl)cc1. The maximum atomic E-state index is 11.6. The van der Waals surface area contributed by atoms with Crippen molar-refractivity contribution >= 4 is 17.5 Å². The Hall–Kier alpha value is -1.06. The summed E-state index contributed by atoms with van der Waals surface area (Å²) < 4.78 is 0. The molecule has 0 radical (unpaired) electrons. The lowest BCUT2D eigenvalue weighted by Gasteiger charge is -2.17. The lowest BCUT2D eigenvalue weighted by Crippen LogP contribution is -2.41. The van der Waals surface area contributed by atoms with E-state index in [0.717, 1.165) is 5.56 Å². The van der Waals surface area contributed by atoms with E-state index in [9.17, 15) is 4.79 Å². The Morgan fingerprint density at radius 1 is 1.25 bits per heavy atom. The number of carbonyl (C=O) groups is 1. The van der Waals surface area contributed by atoms with Crippen LogP contribution in [0, 0.1) is 0 Å². The first kappa shape index (κ1) is 13.0. The molecule has 0 spiro atoms. The normalized spacial score (nSPS) is 14.2. The van der Waals surface area contributed by atoms with E-state index in [1.165, 1.54) is 0 Å². The van der Waals surface area contributed by atoms with E-state index < -0.39 is 0 Å². The molecule has 2 N–H and O–H groups in total. The van der Waals surface area contributed by atoms with Crippen LogP contribution in [0.3, 0.4) is 0 Å². The average molecular weight is 241 g/mol. The van der Waals surface area contributed by atoms with Crippen LogP contribution < -0.4 is 10.6 Å². The third-order valence-electron chi connectivity index (χ3n) is 2.56. The van der Waals surface area contributed by atoms with Crippen LogP contribution in [0.5, 0.6) is 0 Å². The maximum Gasteiger partial charge on any atom is 0.237 e. The number of carbonyl (C=O) groups excluding carboxylic acids is 1. The van der Waals surface area contributed by atoms with Gasteiger partial charge in [-0.3, -0.25) is 4.79 Å². The highest BCUT2D eigenvalue weighted by Crippen LogP contribution is 2.15. The lowest BCUT2D eigenvalue weighted by atomic mass is 10.1. The molecule has 0 aliphatic rings. The molecular weight excluding hydrogens is 224 g/mol. The molecule has 0 bridgehead atoms. The molecule has 0 aromatic heterocycles. The van der Waals surface area contributed by atoms with E-state index in [0.29, 0.717) is 5.02 Å². The van der Waals surface area contributed by atoms with Gasteiger partial charge in [0.2, 0.25) is 5.91 Å². The molecule has 1 aromatic carbocycles. The van der Waals surface area contributed by atoms with E-state index in [1.807, 2.05) is 38.1 Å². The fourth-order valence-corrected chi connectivity index (χ4v) is 1.43. The fourth-order valence-electron chi connectivity index (χ4n) is 1.30. The third kappa shape index (κ3) is 3.51. The van der Waals surface area contributed by atoms with Crippen LogP contribution in [0.2, 0.25) is 5.02 Å². The van der Waals surface area contributed by atoms with Crippen LogP contribution in [0.1, 0.15) is 25.5 Å². The van der Waals surface area contributed by atoms with E-state index in [-0.39, 0.29) is 18.0 Å². The molecule has 0 heterocycles. The van der Waals surface area contributed by atoms with Gasteiger partial charge in [0.05, 0.1) is 12.1 Å². The first-order valence-corrected chi connectivity index (χ1v) is 5.65. The van der Waals surface area contributed by atoms with E-state index in [2.05, 4.69) is 10.6 Å². The number of halogens is 1. The molecule has 1 amide bonds. The first-order chi connectivity index (χ1) is 7.54. The van der Waals surface area contributed by atoms with Crippen molar-refractivity contribution in [3.8, 4) is 0 Å². The summed E-state index contributed by atoms with van der Waals surface area (Å²) in [6.45, 7) is 3.77. The number of amides is 1. The largest absolute Gasteiger partial charge is 0.348 e. The Balaban J connectivity index is 2.62. The second-order valence-electron chi connectivity index (χ2n) is 3.79. The van der Waals surface area contributed by atoms with Crippen LogP contribution in [-0.4, -0.2) is 19.0 Å². The van der Waals surface area contributed by atoms with Crippen molar-refractivity contribution in [3.05, 3.63) is 34.9 Å². The molecule has 1 aromatic rings. The van der Waals surface area contributed by atoms with Gasteiger partial charge in [-0.25, -0.2) is 0 Å². The summed E-state index contributed by atoms with van der Waals surface area (Å²) in [4.78, 5) is 11.6. The molecule has 1 unspecified atom stereocenters. The number of hydrogen-bond donors (Lipinski definition) is 2. The predicted octanol–water partition coefficient (Wildman–Crippen LogP) is 2.13. The summed E-state index contributed by atoms with van der Waals surface area (Å²) in [6, 6.07) is 7.27. The van der Waals surface area contributed by atoms with Gasteiger partial charge in [-0.1, -0.05) is 23.7 Å². The Kier molecular flexibility index (Phi) is 4.77. The van der Waals surface area contributed by atoms with Gasteiger partial charge in [-0.2, -0.15) is 0 Å². The van der Waals surface area contributed by atoms with E-state index >= 15 is 0 Å². The van der Waals surface area contributed by atoms with Crippen molar-refractivity contribution in [3.63, 3.8) is 0 Å². The van der Waals surface area contributed by atoms with Gasteiger partial charge in [-0.05, 0) is 38.6 Å². The molecule has 88 valence electrons. The van der Waals surface area contributed by atoms with Gasteiger partial charge in [0.25, 0.3) is 0 Å². The number of likely N-dealkylation sites (N-methyl/N-ethyl adjacent to an activating group) is 1. The molecule has 3 nitrogen and oxygen atoms in total. The minimum atomic E-state index is -0.185. The quantitative estimate of drug-likeness (QED) is 0.847. The maximum absolute atomic E-state index is 11.6. The van der Waals surface area contributed by atoms with Crippen LogP contribution in [0.25, 0.3) is 0 Å². The van der Waals surface area contributed by atoms with Gasteiger partial charge >= 0.3 is 0 Å². The second kappa shape index (κ2) is 5.87. The van der Waals surface area contributed by atoms with Gasteiger partial charge in [0.15, 0.2) is 0 Å². The monoisotopic (exact) mass is 240 g/mol. The summed E-state index contributed by atoms with van der Waals surface area (Å²) in [7, 11) is 1.76. The molecule has 0 aliphatic heterocycles. The van der Waals surface area contributed by atoms with Crippen LogP contribution in [0.4, 0.5) is 0 Å². The number of benzene rings is 1. The molecule has 1 rings (SSSR count). The Morgan fingerprint density at radius 2 is 1.81 bits per heavy atom. The number of hydrogen-bond acceptors (Lipinski definition) is 2. The van der Waals surface area contributed by atoms with Gasteiger partial charge < -0.3 is 10.6 Å². The zero-order valence-electron chi connectivity index (χ0n) is 9.75. The second-order valence-corrected chi connectivity index (χ2v) is 4.23. The summed E-state index contributed by atoms with van der Waals surface area (Å²) in [5, 5.41) is 6.52. The molecule has 16 heavy (non-hydrogen) atoms. The summed E-state index contributed by atoms with van der Waals surface area (Å²) in [6.07, 6.45) is 0. The molecule has 0 saturated carbocycles. The molecule has 2 atom stereocenters. The highest BCUT2D eigenvalue weighted by molar-refractivity contribution is 6.30. The van der Waals surface area contributed by atoms with Crippen LogP contribution in [0.15, 0.2) is 24.3 Å². The van der Waals surface area contributed by atoms with Crippen LogP contribution >= 0.6 is 11.6 Å². The van der Waals surface area contributed by atoms with E-state index in [4.69, 9.17) is 11.6 Å². The smallest absolute Gasteiger partial charge is 0.237 e. The van der Waals surface area contributed by atoms with Gasteiger partial charge in [0.1, 0.15) is 0 Å². The third-order valence-corrected chi connectivity index (χ3v) is 2.81. The van der Waals surface area contributed by atoms with Crippen molar-refractivity contribution in [1.29, 1.82) is 0 Å². The molecule has 0 saturated heterocycles. The molecule has 4 heteroatoms. The minimum absolute atomic E-state index is 0.00931. The lowest BCUT2D eigenvalue weighted by molar-refractivity contribution is -0.123. The standard InChI is InChI=1S/C12H17ClN2O/c1-8(15-12(16)9(2)14-3)10-4-6-11(13)7-5-10/h4-9,14H,1-3H3,(H,15,16)/t8-,9?/m0/s1. The van der Waals surface area contributed by atoms with Gasteiger partial charge in [-0.15, -0.1) is 0 Å². The summed E-state index contributed by atoms with van der Waals surface area (Å²) in [5.41, 5.74) is 1.04. The van der Waals surface area contributed by atoms with E-state index in [1.54, 1.807) is 7.05 Å². The Bertz CT molecular complexity index is 351. The topological polar surface area (TPSA) is 41.1 Å². The number of nitrogens with one attached hydrogen (secondary N) is 2. The summed E-state index contributed by atoms with van der Waals surface area (Å²) >= 11 is 5.80. The van der Waals surface area contributed by atoms with Crippen molar-refractivity contribution in [2.75, 3.05) is 7.05 Å². The zero-order valence-corrected chi connectivity index (χ0v) is 10.5. The highest BCUT2D eigenvalue weighted by Gasteiger charge is 2.13.